The number of rotatable bonds is 3. The molecule has 0 spiro atoms. The third-order valence-corrected chi connectivity index (χ3v) is 8.15. The molecule has 1 aromatic carbocycles. The van der Waals surface area contributed by atoms with Crippen molar-refractivity contribution in [3.05, 3.63) is 18.2 Å². The molecule has 1 aromatic heterocycles. The Labute approximate surface area is 129 Å². The smallest absolute Gasteiger partial charge is 0.210 e. The van der Waals surface area contributed by atoms with E-state index < -0.39 is 9.84 Å². The summed E-state index contributed by atoms with van der Waals surface area (Å²) in [5.41, 5.74) is 7.12. The minimum absolute atomic E-state index is 0.258. The van der Waals surface area contributed by atoms with E-state index in [9.17, 15) is 8.42 Å². The van der Waals surface area contributed by atoms with Crippen LogP contribution in [-0.2, 0) is 9.84 Å². The van der Waals surface area contributed by atoms with Crippen LogP contribution in [0.5, 0.6) is 0 Å². The Hall–Kier alpha value is -1.14. The summed E-state index contributed by atoms with van der Waals surface area (Å²) >= 11 is 1.25. The van der Waals surface area contributed by atoms with Gasteiger partial charge in [0.15, 0.2) is 0 Å². The number of nitrogen functional groups attached to an aromatic ring is 1. The van der Waals surface area contributed by atoms with Crippen molar-refractivity contribution in [2.24, 2.45) is 5.92 Å². The largest absolute Gasteiger partial charge is 0.399 e. The standard InChI is InChI=1S/C15H20N2O2S2/c1-2-10-5-3-4-6-14(10)21(18,19)15-17-12-8-7-11(16)9-13(12)20-15/h7-10,14H,2-6,16H2,1H3. The van der Waals surface area contributed by atoms with E-state index in [0.717, 1.165) is 42.3 Å². The van der Waals surface area contributed by atoms with E-state index in [1.54, 1.807) is 18.2 Å². The fraction of sp³-hybridized carbons (Fsp3) is 0.533. The van der Waals surface area contributed by atoms with Crippen LogP contribution in [0.25, 0.3) is 10.2 Å². The molecule has 0 saturated heterocycles. The van der Waals surface area contributed by atoms with Crippen molar-refractivity contribution in [3.8, 4) is 0 Å². The van der Waals surface area contributed by atoms with Gasteiger partial charge in [0.05, 0.1) is 15.5 Å². The highest BCUT2D eigenvalue weighted by molar-refractivity contribution is 7.94. The second-order valence-electron chi connectivity index (χ2n) is 5.74. The van der Waals surface area contributed by atoms with Gasteiger partial charge < -0.3 is 5.73 Å². The van der Waals surface area contributed by atoms with Gasteiger partial charge in [-0.25, -0.2) is 13.4 Å². The molecule has 6 heteroatoms. The number of fused-ring (bicyclic) bond motifs is 1. The topological polar surface area (TPSA) is 73.0 Å². The van der Waals surface area contributed by atoms with Crippen LogP contribution in [-0.4, -0.2) is 18.7 Å². The van der Waals surface area contributed by atoms with E-state index in [2.05, 4.69) is 11.9 Å². The van der Waals surface area contributed by atoms with Gasteiger partial charge in [-0.3, -0.25) is 0 Å². The monoisotopic (exact) mass is 324 g/mol. The van der Waals surface area contributed by atoms with Gasteiger partial charge in [-0.2, -0.15) is 0 Å². The molecule has 2 aromatic rings. The molecule has 0 bridgehead atoms. The molecule has 1 aliphatic rings. The summed E-state index contributed by atoms with van der Waals surface area (Å²) in [5, 5.41) is -0.269. The van der Waals surface area contributed by atoms with Gasteiger partial charge in [0.2, 0.25) is 14.2 Å². The van der Waals surface area contributed by atoms with Crippen LogP contribution in [0.3, 0.4) is 0 Å². The SMILES string of the molecule is CCC1CCCCC1S(=O)(=O)c1nc2ccc(N)cc2s1. The minimum Gasteiger partial charge on any atom is -0.399 e. The maximum Gasteiger partial charge on any atom is 0.210 e. The van der Waals surface area contributed by atoms with E-state index in [4.69, 9.17) is 5.73 Å². The third kappa shape index (κ3) is 2.66. The fourth-order valence-electron chi connectivity index (χ4n) is 3.22. The second-order valence-corrected chi connectivity index (χ2v) is 9.11. The molecule has 3 rings (SSSR count). The molecular weight excluding hydrogens is 304 g/mol. The molecule has 2 N–H and O–H groups in total. The number of anilines is 1. The quantitative estimate of drug-likeness (QED) is 0.875. The lowest BCUT2D eigenvalue weighted by Crippen LogP contribution is -2.32. The number of sulfone groups is 1. The van der Waals surface area contributed by atoms with Crippen LogP contribution in [0.4, 0.5) is 5.69 Å². The van der Waals surface area contributed by atoms with Gasteiger partial charge in [-0.15, -0.1) is 11.3 Å². The maximum absolute atomic E-state index is 12.9. The van der Waals surface area contributed by atoms with Gasteiger partial charge in [-0.1, -0.05) is 26.2 Å². The first-order valence-electron chi connectivity index (χ1n) is 7.42. The molecule has 2 unspecified atom stereocenters. The summed E-state index contributed by atoms with van der Waals surface area (Å²) in [7, 11) is -3.33. The minimum atomic E-state index is -3.33. The average molecular weight is 324 g/mol. The summed E-state index contributed by atoms with van der Waals surface area (Å²) in [4.78, 5) is 4.34. The van der Waals surface area contributed by atoms with E-state index in [-0.39, 0.29) is 15.5 Å². The molecule has 1 heterocycles. The number of benzene rings is 1. The van der Waals surface area contributed by atoms with Crippen molar-refractivity contribution in [2.75, 3.05) is 5.73 Å². The van der Waals surface area contributed by atoms with E-state index in [0.29, 0.717) is 5.69 Å². The lowest BCUT2D eigenvalue weighted by Gasteiger charge is -2.29. The van der Waals surface area contributed by atoms with Gasteiger partial charge in [0, 0.05) is 5.69 Å². The highest BCUT2D eigenvalue weighted by Crippen LogP contribution is 2.37. The zero-order valence-corrected chi connectivity index (χ0v) is 13.7. The molecule has 1 saturated carbocycles. The van der Waals surface area contributed by atoms with Crippen LogP contribution in [0.2, 0.25) is 0 Å². The molecule has 4 nitrogen and oxygen atoms in total. The molecule has 1 fully saturated rings. The maximum atomic E-state index is 12.9. The van der Waals surface area contributed by atoms with Gasteiger partial charge >= 0.3 is 0 Å². The number of nitrogens with zero attached hydrogens (tertiary/aromatic N) is 1. The Morgan fingerprint density at radius 2 is 2.10 bits per heavy atom. The van der Waals surface area contributed by atoms with Crippen molar-refractivity contribution in [1.29, 1.82) is 0 Å². The molecular formula is C15H20N2O2S2. The number of aromatic nitrogens is 1. The van der Waals surface area contributed by atoms with E-state index in [1.807, 2.05) is 0 Å². The van der Waals surface area contributed by atoms with Crippen LogP contribution in [0.15, 0.2) is 22.5 Å². The summed E-state index contributed by atoms with van der Waals surface area (Å²) in [6.07, 6.45) is 4.83. The van der Waals surface area contributed by atoms with Gasteiger partial charge in [-0.05, 0) is 37.0 Å². The molecule has 0 amide bonds. The van der Waals surface area contributed by atoms with Gasteiger partial charge in [0.25, 0.3) is 0 Å². The highest BCUT2D eigenvalue weighted by atomic mass is 32.2. The van der Waals surface area contributed by atoms with Crippen LogP contribution < -0.4 is 5.73 Å². The van der Waals surface area contributed by atoms with Crippen LogP contribution in [0, 0.1) is 5.92 Å². The van der Waals surface area contributed by atoms with Gasteiger partial charge in [0.1, 0.15) is 0 Å². The lowest BCUT2D eigenvalue weighted by molar-refractivity contribution is 0.348. The zero-order chi connectivity index (χ0) is 15.0. The Bertz CT molecular complexity index is 752. The molecule has 0 radical (unpaired) electrons. The van der Waals surface area contributed by atoms with E-state index >= 15 is 0 Å². The number of hydrogen-bond acceptors (Lipinski definition) is 5. The second kappa shape index (κ2) is 5.57. The predicted molar refractivity (Wildman–Crippen MR) is 87.3 cm³/mol. The van der Waals surface area contributed by atoms with Crippen molar-refractivity contribution in [3.63, 3.8) is 0 Å². The average Bonchev–Trinajstić information content (AvgIpc) is 2.91. The normalized spacial score (nSPS) is 23.5. The Kier molecular flexibility index (Phi) is 3.92. The number of nitrogens with two attached hydrogens (primary N) is 1. The fourth-order valence-corrected chi connectivity index (χ4v) is 6.87. The third-order valence-electron chi connectivity index (χ3n) is 4.40. The summed E-state index contributed by atoms with van der Waals surface area (Å²) in [6, 6.07) is 5.34. The molecule has 1 aliphatic carbocycles. The predicted octanol–water partition coefficient (Wildman–Crippen LogP) is 3.62. The summed E-state index contributed by atoms with van der Waals surface area (Å²) in [6.45, 7) is 2.08. The van der Waals surface area contributed by atoms with Crippen molar-refractivity contribution >= 4 is 37.1 Å². The summed E-state index contributed by atoms with van der Waals surface area (Å²) in [5.74, 6) is 0.265. The van der Waals surface area contributed by atoms with E-state index in [1.165, 1.54) is 11.3 Å². The Morgan fingerprint density at radius 3 is 2.86 bits per heavy atom. The van der Waals surface area contributed by atoms with Crippen molar-refractivity contribution in [1.82, 2.24) is 4.98 Å². The zero-order valence-electron chi connectivity index (χ0n) is 12.1. The molecule has 2 atom stereocenters. The lowest BCUT2D eigenvalue weighted by atomic mass is 9.87. The summed E-state index contributed by atoms with van der Waals surface area (Å²) < 4.78 is 27.0. The van der Waals surface area contributed by atoms with Crippen molar-refractivity contribution < 1.29 is 8.42 Å². The molecule has 0 aliphatic heterocycles. The molecule has 114 valence electrons. The van der Waals surface area contributed by atoms with Crippen LogP contribution in [0.1, 0.15) is 39.0 Å². The first kappa shape index (κ1) is 14.8. The highest BCUT2D eigenvalue weighted by Gasteiger charge is 2.37. The number of hydrogen-bond donors (Lipinski definition) is 1. The Morgan fingerprint density at radius 1 is 1.33 bits per heavy atom. The van der Waals surface area contributed by atoms with Crippen LogP contribution >= 0.6 is 11.3 Å². The van der Waals surface area contributed by atoms with Crippen molar-refractivity contribution in [2.45, 2.75) is 48.6 Å². The Balaban J connectivity index is 2.02. The first-order valence-corrected chi connectivity index (χ1v) is 9.78. The molecule has 21 heavy (non-hydrogen) atoms. The number of thiazole rings is 1. The first-order chi connectivity index (χ1) is 10.0.